The number of aromatic amines is 4. The second-order valence-electron chi connectivity index (χ2n) is 21.8. The van der Waals surface area contributed by atoms with Crippen molar-refractivity contribution in [3.8, 4) is 22.9 Å². The van der Waals surface area contributed by atoms with Gasteiger partial charge in [0, 0.05) is 46.0 Å². The van der Waals surface area contributed by atoms with Crippen LogP contribution in [0.5, 0.6) is 11.5 Å². The SMILES string of the molecule is Cc1[n-]n(-c2ccc(Nc3nc(Cl)[nH]c(=Nc4cc(N=c5[nH]c(F)nc(F)c5Cl)ccc4S(=O)(=O)O)n3)cc2)c(=O)c1N=Nc1cc(S(=O)(=O)O)ccc1O.Cc1[nH]n(-c2ccc([NH2+]c3nc(Cl)[nH+]c(Nc4cc(Nc5nc(F)nc(F)c5Cl)ccc4S(=O)(=O)O)n3)cc2)c(=O)c1N=Nc1cc(S(=O)(=O)O)ccc1[O-].[Co].[Na+].[Na+].[Na+].[Na+].[Na+]. The molecule has 0 aliphatic heterocycles. The van der Waals surface area contributed by atoms with Crippen LogP contribution in [0, 0.1) is 37.9 Å². The van der Waals surface area contributed by atoms with E-state index in [1.165, 1.54) is 43.4 Å². The van der Waals surface area contributed by atoms with Gasteiger partial charge < -0.3 is 30.6 Å². The molecule has 116 heavy (non-hydrogen) atoms. The molecule has 0 spiro atoms. The first kappa shape index (κ1) is 99.9. The molecule has 14 N–H and O–H groups in total. The van der Waals surface area contributed by atoms with Crippen molar-refractivity contribution in [3.05, 3.63) is 209 Å². The molecule has 0 aliphatic carbocycles. The van der Waals surface area contributed by atoms with Gasteiger partial charge in [-0.3, -0.25) is 48.2 Å². The molecule has 577 valence electrons. The molecule has 0 bridgehead atoms. The Morgan fingerprint density at radius 2 is 1.17 bits per heavy atom. The molecule has 1 radical (unpaired) electrons. The Kier molecular flexibility index (Phi) is 35.7. The van der Waals surface area contributed by atoms with Gasteiger partial charge in [0.1, 0.15) is 48.3 Å². The number of nitrogens with two attached hydrogens (primary N) is 1. The average molecular weight is 1850 g/mol. The first-order chi connectivity index (χ1) is 51.7. The topological polar surface area (TPSA) is 597 Å². The van der Waals surface area contributed by atoms with Gasteiger partial charge in [-0.15, -0.1) is 21.0 Å². The summed E-state index contributed by atoms with van der Waals surface area (Å²) in [6.07, 6.45) is -2.76. The van der Waals surface area contributed by atoms with Crippen molar-refractivity contribution in [1.29, 1.82) is 0 Å². The molecule has 12 rings (SSSR count). The zero-order valence-electron chi connectivity index (χ0n) is 59.5. The minimum absolute atomic E-state index is 0. The van der Waals surface area contributed by atoms with Crippen LogP contribution in [0.4, 0.5) is 98.1 Å². The van der Waals surface area contributed by atoms with E-state index in [0.29, 0.717) is 17.1 Å². The number of aryl methyl sites for hydroxylation is 2. The van der Waals surface area contributed by atoms with Crippen molar-refractivity contribution in [3.63, 3.8) is 0 Å². The van der Waals surface area contributed by atoms with Gasteiger partial charge in [0.2, 0.25) is 28.7 Å². The predicted octanol–water partition coefficient (Wildman–Crippen LogP) is -7.18. The largest absolute Gasteiger partial charge is 1.00 e. The minimum Gasteiger partial charge on any atom is -0.871 e. The van der Waals surface area contributed by atoms with E-state index < -0.39 is 139 Å². The average Bonchev–Trinajstić information content (AvgIpc) is 1.60. The molecular weight excluding hydrogens is 1810 g/mol. The van der Waals surface area contributed by atoms with Gasteiger partial charge in [-0.1, -0.05) is 41.9 Å². The number of hydrogen-bond acceptors (Lipinski definition) is 28. The van der Waals surface area contributed by atoms with Gasteiger partial charge in [0.25, 0.3) is 57.7 Å². The summed E-state index contributed by atoms with van der Waals surface area (Å²) in [6.45, 7) is 2.98. The molecule has 0 atom stereocenters. The number of nitrogens with zero attached hydrogens (tertiary/aromatic N) is 16. The molecule has 0 aliphatic rings. The van der Waals surface area contributed by atoms with E-state index in [4.69, 9.17) is 46.4 Å². The fourth-order valence-electron chi connectivity index (χ4n) is 9.28. The number of halogens is 8. The Balaban J connectivity index is 0.000000393. The third-order valence-corrected chi connectivity index (χ3v) is 18.7. The Hall–Kier alpha value is -6.69. The number of aromatic nitrogens is 14. The number of phenolic OH excluding ortho intramolecular Hbond substituents is 1. The number of hydrogen-bond donors (Lipinski definition) is 12. The minimum atomic E-state index is -4.87. The Labute approximate surface area is 788 Å². The van der Waals surface area contributed by atoms with Crippen LogP contribution in [0.3, 0.4) is 0 Å². The standard InChI is InChI=1S/2C29H20Cl2F2N12O8S2.Co.5Na/c2*1-12-22(43-42-17-11-16(54(48,49)50)7-8-19(17)46)25(47)45(44-12)15-5-2-13(3-6-15)35-28-39-26(31)40-29(41-28)36-18-10-14(4-9-20(18)55(51,52)53)34-24-21(30)23(32)37-27(33)38-24;;;;;;/h2-11H,1H3,(H7,34,35,36,37,38,39,40,41,42,43,44,46,47,48,49,50,51,52,53);2-11,44,46H,1H3,(H,34,37,38)(H,48,49,50)(H,51,52,53)(H2,35,36,39,40,41);;;;;;/q;;;5*+1. The van der Waals surface area contributed by atoms with E-state index in [2.05, 4.69) is 101 Å². The zero-order valence-corrected chi connectivity index (χ0v) is 76.8. The third kappa shape index (κ3) is 25.2. The van der Waals surface area contributed by atoms with Crippen molar-refractivity contribution in [1.82, 2.24) is 64.4 Å². The van der Waals surface area contributed by atoms with Gasteiger partial charge in [-0.2, -0.15) is 81.3 Å². The fraction of sp³-hybridized carbons (Fsp3) is 0.0345. The summed E-state index contributed by atoms with van der Waals surface area (Å²) < 4.78 is 190. The number of quaternary nitrogens is 1. The van der Waals surface area contributed by atoms with Crippen molar-refractivity contribution >= 4 is 167 Å². The van der Waals surface area contributed by atoms with E-state index in [9.17, 15) is 89.2 Å². The number of benzene rings is 6. The van der Waals surface area contributed by atoms with Crippen molar-refractivity contribution in [2.24, 2.45) is 30.4 Å². The molecule has 0 fully saturated rings. The normalized spacial score (nSPS) is 11.8. The number of azo groups is 2. The molecule has 6 aromatic carbocycles. The van der Waals surface area contributed by atoms with Crippen LogP contribution in [0.25, 0.3) is 11.4 Å². The summed E-state index contributed by atoms with van der Waals surface area (Å²) in [6, 6.07) is 24.0. The molecule has 0 saturated heterocycles. The summed E-state index contributed by atoms with van der Waals surface area (Å²) in [7, 11) is -18.9. The number of rotatable bonds is 20. The smallest absolute Gasteiger partial charge is 0.871 e. The molecule has 12 aromatic rings. The number of phenols is 1. The predicted molar refractivity (Wildman–Crippen MR) is 373 cm³/mol. The summed E-state index contributed by atoms with van der Waals surface area (Å²) in [4.78, 5) is 64.8. The maximum absolute atomic E-state index is 13.8. The molecule has 40 nitrogen and oxygen atoms in total. The van der Waals surface area contributed by atoms with Gasteiger partial charge >= 0.3 is 171 Å². The molecule has 0 saturated carbocycles. The van der Waals surface area contributed by atoms with Crippen LogP contribution in [-0.4, -0.2) is 116 Å². The van der Waals surface area contributed by atoms with Crippen LogP contribution in [0.2, 0.25) is 20.6 Å². The maximum Gasteiger partial charge on any atom is 1.00 e. The quantitative estimate of drug-likeness (QED) is 0.00642. The van der Waals surface area contributed by atoms with E-state index >= 15 is 0 Å². The van der Waals surface area contributed by atoms with Crippen LogP contribution >= 0.6 is 46.4 Å². The fourth-order valence-corrected chi connectivity index (χ4v) is 12.1. The monoisotopic (exact) mass is 1850 g/mol. The molecule has 6 heterocycles. The Morgan fingerprint density at radius 1 is 0.578 bits per heavy atom. The van der Waals surface area contributed by atoms with E-state index in [0.717, 1.165) is 82.2 Å². The maximum atomic E-state index is 13.8. The van der Waals surface area contributed by atoms with Crippen LogP contribution in [-0.2, 0) is 57.3 Å². The number of nitrogens with one attached hydrogen (secondary N) is 7. The summed E-state index contributed by atoms with van der Waals surface area (Å²) in [5.41, 5.74) is -2.29. The van der Waals surface area contributed by atoms with Gasteiger partial charge in [0.05, 0.1) is 38.2 Å². The molecule has 0 unspecified atom stereocenters. The summed E-state index contributed by atoms with van der Waals surface area (Å²) >= 11 is 23.9. The Bertz CT molecular complexity index is 6600. The number of aromatic hydroxyl groups is 1. The van der Waals surface area contributed by atoms with Gasteiger partial charge in [-0.05, 0) is 143 Å². The molecule has 6 aromatic heterocycles. The molecular formula is C58H40Cl4CoF4N24Na5O16S4+5. The Morgan fingerprint density at radius 3 is 1.82 bits per heavy atom. The first-order valence-electron chi connectivity index (χ1n) is 29.5. The van der Waals surface area contributed by atoms with E-state index in [-0.39, 0.29) is 250 Å². The van der Waals surface area contributed by atoms with Gasteiger partial charge in [-0.25, -0.2) is 25.0 Å². The summed E-state index contributed by atoms with van der Waals surface area (Å²) in [5, 5.41) is 52.0. The van der Waals surface area contributed by atoms with Gasteiger partial charge in [0.15, 0.2) is 17.0 Å². The van der Waals surface area contributed by atoms with Crippen molar-refractivity contribution < 1.29 is 255 Å². The third-order valence-electron chi connectivity index (χ3n) is 14.2. The van der Waals surface area contributed by atoms with Crippen LogP contribution in [0.15, 0.2) is 181 Å². The first-order valence-corrected chi connectivity index (χ1v) is 36.8. The van der Waals surface area contributed by atoms with Crippen LogP contribution in [0.1, 0.15) is 11.4 Å². The number of H-pyrrole nitrogens is 4. The molecule has 0 amide bonds. The van der Waals surface area contributed by atoms with Crippen LogP contribution < -0.4 is 206 Å². The second kappa shape index (κ2) is 41.5. The second-order valence-corrected chi connectivity index (χ2v) is 28.9. The number of anilines is 6. The zero-order chi connectivity index (χ0) is 79.6. The summed E-state index contributed by atoms with van der Waals surface area (Å²) in [5.74, 6) is -4.65. The van der Waals surface area contributed by atoms with E-state index in [1.54, 1.807) is 24.3 Å². The molecule has 58 heteroatoms. The van der Waals surface area contributed by atoms with Crippen molar-refractivity contribution in [2.45, 2.75) is 33.4 Å². The van der Waals surface area contributed by atoms with Crippen molar-refractivity contribution in [2.75, 3.05) is 16.0 Å². The van der Waals surface area contributed by atoms with E-state index in [1.807, 2.05) is 4.98 Å².